The second-order valence-corrected chi connectivity index (χ2v) is 6.24. The van der Waals surface area contributed by atoms with Gasteiger partial charge in [0, 0.05) is 25.1 Å². The average molecular weight is 369 g/mol. The minimum atomic E-state index is 0. The van der Waals surface area contributed by atoms with Crippen LogP contribution < -0.4 is 15.0 Å². The van der Waals surface area contributed by atoms with Gasteiger partial charge in [0.15, 0.2) is 0 Å². The maximum atomic E-state index is 12.1. The fourth-order valence-electron chi connectivity index (χ4n) is 2.82. The zero-order chi connectivity index (χ0) is 17.4. The van der Waals surface area contributed by atoms with Crippen molar-refractivity contribution in [1.29, 1.82) is 0 Å². The second kappa shape index (κ2) is 11.1. The molecule has 0 fully saturated rings. The predicted molar refractivity (Wildman–Crippen MR) is 104 cm³/mol. The maximum absolute atomic E-state index is 12.1. The lowest BCUT2D eigenvalue weighted by Crippen LogP contribution is -2.35. The van der Waals surface area contributed by atoms with Crippen molar-refractivity contribution in [2.24, 2.45) is 5.92 Å². The minimum Gasteiger partial charge on any atom is -0.493 e. The molecule has 0 saturated heterocycles. The Bertz CT molecular complexity index is 566. The number of nitrogens with zero attached hydrogens (tertiary/aromatic N) is 1. The van der Waals surface area contributed by atoms with Crippen LogP contribution in [-0.2, 0) is 11.2 Å². The summed E-state index contributed by atoms with van der Waals surface area (Å²) in [6.45, 7) is 8.79. The van der Waals surface area contributed by atoms with Gasteiger partial charge in [0.05, 0.1) is 12.3 Å². The molecule has 5 nitrogen and oxygen atoms in total. The summed E-state index contributed by atoms with van der Waals surface area (Å²) in [7, 11) is 0. The van der Waals surface area contributed by atoms with Crippen molar-refractivity contribution in [1.82, 2.24) is 5.32 Å². The fourth-order valence-corrected chi connectivity index (χ4v) is 2.82. The van der Waals surface area contributed by atoms with Crippen molar-refractivity contribution < 1.29 is 14.6 Å². The van der Waals surface area contributed by atoms with Crippen LogP contribution in [0.15, 0.2) is 30.9 Å². The first-order valence-corrected chi connectivity index (χ1v) is 8.65. The molecule has 2 rings (SSSR count). The molecule has 1 aliphatic rings. The van der Waals surface area contributed by atoms with Gasteiger partial charge in [-0.1, -0.05) is 19.1 Å². The summed E-state index contributed by atoms with van der Waals surface area (Å²) in [5.41, 5.74) is 2.05. The number of rotatable bonds is 10. The smallest absolute Gasteiger partial charge is 0.227 e. The number of anilines is 1. The molecule has 1 aromatic carbocycles. The molecule has 0 aromatic heterocycles. The number of nitrogens with one attached hydrogen (secondary N) is 1. The van der Waals surface area contributed by atoms with Crippen molar-refractivity contribution in [3.05, 3.63) is 36.4 Å². The van der Waals surface area contributed by atoms with Crippen LogP contribution in [0.1, 0.15) is 25.3 Å². The van der Waals surface area contributed by atoms with Gasteiger partial charge in [-0.2, -0.15) is 0 Å². The average Bonchev–Trinajstić information content (AvgIpc) is 2.60. The van der Waals surface area contributed by atoms with E-state index in [0.717, 1.165) is 42.9 Å². The zero-order valence-corrected chi connectivity index (χ0v) is 15.7. The number of aliphatic hydroxyl groups excluding tert-OH is 1. The molecule has 6 heteroatoms. The fraction of sp³-hybridized carbons (Fsp3) is 0.526. The van der Waals surface area contributed by atoms with Crippen molar-refractivity contribution >= 4 is 24.0 Å². The highest BCUT2D eigenvalue weighted by Gasteiger charge is 2.25. The number of fused-ring (bicyclic) bond motifs is 1. The first kappa shape index (κ1) is 21.5. The first-order valence-electron chi connectivity index (χ1n) is 8.65. The Balaban J connectivity index is 0.00000312. The Morgan fingerprint density at radius 2 is 2.24 bits per heavy atom. The van der Waals surface area contributed by atoms with Gasteiger partial charge in [-0.3, -0.25) is 4.79 Å². The highest BCUT2D eigenvalue weighted by atomic mass is 35.5. The second-order valence-electron chi connectivity index (χ2n) is 6.24. The van der Waals surface area contributed by atoms with Gasteiger partial charge in [0.25, 0.3) is 0 Å². The number of carbonyl (C=O) groups excluding carboxylic acids is 1. The standard InChI is InChI=1S/C19H28N2O3.ClH/c1-3-11-21-17-6-4-7-18(16(17)8-9-19(21)23)24-12-5-10-20-13-15(2)14-22;/h3-4,6-7,15,20,22H,1,5,8-14H2,2H3;1H. The maximum Gasteiger partial charge on any atom is 0.227 e. The lowest BCUT2D eigenvalue weighted by Gasteiger charge is -2.29. The van der Waals surface area contributed by atoms with Crippen LogP contribution in [0, 0.1) is 5.92 Å². The number of halogens is 1. The monoisotopic (exact) mass is 368 g/mol. The van der Waals surface area contributed by atoms with E-state index in [0.29, 0.717) is 19.6 Å². The van der Waals surface area contributed by atoms with Crippen LogP contribution in [0.2, 0.25) is 0 Å². The van der Waals surface area contributed by atoms with E-state index in [1.165, 1.54) is 0 Å². The summed E-state index contributed by atoms with van der Waals surface area (Å²) in [6, 6.07) is 5.88. The van der Waals surface area contributed by atoms with Crippen LogP contribution in [0.4, 0.5) is 5.69 Å². The van der Waals surface area contributed by atoms with E-state index in [4.69, 9.17) is 9.84 Å². The molecule has 0 bridgehead atoms. The van der Waals surface area contributed by atoms with Gasteiger partial charge in [0.1, 0.15) is 5.75 Å². The van der Waals surface area contributed by atoms with E-state index in [1.807, 2.05) is 25.1 Å². The number of hydrogen-bond acceptors (Lipinski definition) is 4. The van der Waals surface area contributed by atoms with E-state index in [2.05, 4.69) is 11.9 Å². The highest BCUT2D eigenvalue weighted by Crippen LogP contribution is 2.34. The van der Waals surface area contributed by atoms with Crippen LogP contribution in [0.3, 0.4) is 0 Å². The summed E-state index contributed by atoms with van der Waals surface area (Å²) in [5, 5.41) is 12.3. The summed E-state index contributed by atoms with van der Waals surface area (Å²) >= 11 is 0. The van der Waals surface area contributed by atoms with Crippen LogP contribution >= 0.6 is 12.4 Å². The van der Waals surface area contributed by atoms with E-state index < -0.39 is 0 Å². The SMILES string of the molecule is C=CCN1C(=O)CCc2c(OCCCNCC(C)CO)cccc21.Cl. The number of benzene rings is 1. The number of hydrogen-bond donors (Lipinski definition) is 2. The number of ether oxygens (including phenoxy) is 1. The Labute approximate surface area is 156 Å². The third-order valence-electron chi connectivity index (χ3n) is 4.16. The van der Waals surface area contributed by atoms with Gasteiger partial charge >= 0.3 is 0 Å². The molecule has 140 valence electrons. The molecule has 1 aliphatic heterocycles. The van der Waals surface area contributed by atoms with Gasteiger partial charge in [-0.15, -0.1) is 19.0 Å². The quantitative estimate of drug-likeness (QED) is 0.492. The lowest BCUT2D eigenvalue weighted by molar-refractivity contribution is -0.118. The predicted octanol–water partition coefficient (Wildman–Crippen LogP) is 2.56. The Kier molecular flexibility index (Phi) is 9.57. The summed E-state index contributed by atoms with van der Waals surface area (Å²) in [4.78, 5) is 13.9. The van der Waals surface area contributed by atoms with Gasteiger partial charge < -0.3 is 20.1 Å². The number of amides is 1. The van der Waals surface area contributed by atoms with E-state index in [-0.39, 0.29) is 30.8 Å². The van der Waals surface area contributed by atoms with Crippen molar-refractivity contribution in [2.45, 2.75) is 26.2 Å². The molecular weight excluding hydrogens is 340 g/mol. The molecule has 1 amide bonds. The Morgan fingerprint density at radius 1 is 1.44 bits per heavy atom. The number of carbonyl (C=O) groups is 1. The van der Waals surface area contributed by atoms with E-state index in [1.54, 1.807) is 11.0 Å². The largest absolute Gasteiger partial charge is 0.493 e. The summed E-state index contributed by atoms with van der Waals surface area (Å²) in [6.07, 6.45) is 3.89. The first-order chi connectivity index (χ1) is 11.7. The molecule has 2 N–H and O–H groups in total. The van der Waals surface area contributed by atoms with E-state index in [9.17, 15) is 4.79 Å². The number of aliphatic hydroxyl groups is 1. The zero-order valence-electron chi connectivity index (χ0n) is 14.9. The lowest BCUT2D eigenvalue weighted by atomic mass is 10.00. The molecule has 1 unspecified atom stereocenters. The van der Waals surface area contributed by atoms with Gasteiger partial charge in [0.2, 0.25) is 5.91 Å². The summed E-state index contributed by atoms with van der Waals surface area (Å²) < 4.78 is 5.95. The summed E-state index contributed by atoms with van der Waals surface area (Å²) in [5.74, 6) is 1.29. The molecule has 25 heavy (non-hydrogen) atoms. The van der Waals surface area contributed by atoms with Gasteiger partial charge in [-0.05, 0) is 44.0 Å². The molecule has 0 radical (unpaired) electrons. The molecule has 1 atom stereocenters. The molecule has 1 heterocycles. The van der Waals surface area contributed by atoms with Crippen molar-refractivity contribution in [2.75, 3.05) is 37.7 Å². The molecule has 0 spiro atoms. The minimum absolute atomic E-state index is 0. The van der Waals surface area contributed by atoms with Crippen LogP contribution in [-0.4, -0.2) is 43.9 Å². The molecule has 0 saturated carbocycles. The van der Waals surface area contributed by atoms with Crippen LogP contribution in [0.5, 0.6) is 5.75 Å². The van der Waals surface area contributed by atoms with Crippen LogP contribution in [0.25, 0.3) is 0 Å². The highest BCUT2D eigenvalue weighted by molar-refractivity contribution is 5.97. The molecule has 0 aliphatic carbocycles. The van der Waals surface area contributed by atoms with Crippen molar-refractivity contribution in [3.63, 3.8) is 0 Å². The topological polar surface area (TPSA) is 61.8 Å². The molecule has 1 aromatic rings. The Morgan fingerprint density at radius 3 is 2.96 bits per heavy atom. The third-order valence-corrected chi connectivity index (χ3v) is 4.16. The Hall–Kier alpha value is -1.56. The van der Waals surface area contributed by atoms with E-state index >= 15 is 0 Å². The van der Waals surface area contributed by atoms with Crippen molar-refractivity contribution in [3.8, 4) is 5.75 Å². The normalized spacial score (nSPS) is 14.5. The third kappa shape index (κ3) is 6.03. The van der Waals surface area contributed by atoms with Gasteiger partial charge in [-0.25, -0.2) is 0 Å². The molecular formula is C19H29ClN2O3.